The normalized spacial score (nSPS) is 18.9. The zero-order chi connectivity index (χ0) is 26.0. The molecule has 1 atom stereocenters. The molecule has 3 heterocycles. The molecule has 1 amide bonds. The Hall–Kier alpha value is -3.37. The van der Waals surface area contributed by atoms with Crippen molar-refractivity contribution < 1.29 is 18.0 Å². The maximum absolute atomic E-state index is 12.8. The van der Waals surface area contributed by atoms with Crippen molar-refractivity contribution in [1.82, 2.24) is 19.9 Å². The van der Waals surface area contributed by atoms with Crippen molar-refractivity contribution in [1.29, 1.82) is 0 Å². The number of piperidine rings is 1. The summed E-state index contributed by atoms with van der Waals surface area (Å²) in [4.78, 5) is 23.9. The van der Waals surface area contributed by atoms with E-state index in [2.05, 4.69) is 33.6 Å². The average molecular weight is 504 g/mol. The van der Waals surface area contributed by atoms with Crippen LogP contribution in [-0.4, -0.2) is 77.9 Å². The number of anilines is 3. The van der Waals surface area contributed by atoms with Crippen LogP contribution in [-0.2, 0) is 4.79 Å². The number of aromatic nitrogens is 2. The van der Waals surface area contributed by atoms with Crippen molar-refractivity contribution in [2.75, 3.05) is 43.9 Å². The Balaban J connectivity index is 1.58. The molecule has 8 nitrogen and oxygen atoms in total. The van der Waals surface area contributed by atoms with Crippen LogP contribution in [0.5, 0.6) is 0 Å². The number of carbonyl (C=O) groups excluding carboxylic acids is 1. The average Bonchev–Trinajstić information content (AvgIpc) is 2.83. The third-order valence-corrected chi connectivity index (χ3v) is 6.67. The molecular weight excluding hydrogens is 471 g/mol. The molecule has 1 fully saturated rings. The van der Waals surface area contributed by atoms with E-state index in [0.717, 1.165) is 40.2 Å². The van der Waals surface area contributed by atoms with Gasteiger partial charge in [-0.05, 0) is 56.4 Å². The summed E-state index contributed by atoms with van der Waals surface area (Å²) in [6, 6.07) is 6.12. The predicted molar refractivity (Wildman–Crippen MR) is 134 cm³/mol. The van der Waals surface area contributed by atoms with Crippen LogP contribution < -0.4 is 10.2 Å². The van der Waals surface area contributed by atoms with Gasteiger partial charge in [0.2, 0.25) is 5.95 Å². The van der Waals surface area contributed by atoms with Crippen molar-refractivity contribution in [3.8, 4) is 0 Å². The van der Waals surface area contributed by atoms with E-state index >= 15 is 0 Å². The lowest BCUT2D eigenvalue weighted by molar-refractivity contribution is -0.186. The molecule has 4 rings (SSSR count). The number of nitrogens with one attached hydrogen (secondary N) is 1. The van der Waals surface area contributed by atoms with Crippen LogP contribution in [0.3, 0.4) is 0 Å². The molecule has 1 aromatic carbocycles. The number of halogens is 3. The Morgan fingerprint density at radius 3 is 2.33 bits per heavy atom. The molecule has 36 heavy (non-hydrogen) atoms. The Morgan fingerprint density at radius 1 is 1.08 bits per heavy atom. The highest BCUT2D eigenvalue weighted by Gasteiger charge is 2.43. The standard InChI is InChI=1S/C25H32F3N7O/c1-16-11-17(2)13-20(12-16)34(4)24-29-15-21(18-5-8-33(3)30-14-18)22(32-24)31-19-6-9-35(10-7-19)23(36)25(26,27)28/h11-15,18-19H,5-10H2,1-4H3,(H,29,31,32). The number of likely N-dealkylation sites (tertiary alicyclic amines) is 1. The fourth-order valence-electron chi connectivity index (χ4n) is 4.68. The van der Waals surface area contributed by atoms with Gasteiger partial charge in [0.05, 0.1) is 0 Å². The van der Waals surface area contributed by atoms with E-state index in [9.17, 15) is 18.0 Å². The number of alkyl halides is 3. The molecule has 0 radical (unpaired) electrons. The first-order valence-electron chi connectivity index (χ1n) is 12.1. The van der Waals surface area contributed by atoms with Gasteiger partial charge in [0.1, 0.15) is 5.82 Å². The zero-order valence-electron chi connectivity index (χ0n) is 21.0. The van der Waals surface area contributed by atoms with Crippen LogP contribution in [0.1, 0.15) is 41.9 Å². The van der Waals surface area contributed by atoms with Gasteiger partial charge in [-0.2, -0.15) is 23.3 Å². The fraction of sp³-hybridized carbons (Fsp3) is 0.520. The SMILES string of the molecule is Cc1cc(C)cc(N(C)c2ncc(C3C=NN(C)CC3)c(NC3CCN(C(=O)C(F)(F)F)CC3)n2)c1. The summed E-state index contributed by atoms with van der Waals surface area (Å²) < 4.78 is 38.5. The molecule has 0 saturated carbocycles. The summed E-state index contributed by atoms with van der Waals surface area (Å²) in [6.07, 6.45) is 0.494. The fourth-order valence-corrected chi connectivity index (χ4v) is 4.68. The molecule has 0 bridgehead atoms. The van der Waals surface area contributed by atoms with E-state index in [1.54, 1.807) is 0 Å². The third-order valence-electron chi connectivity index (χ3n) is 6.67. The summed E-state index contributed by atoms with van der Waals surface area (Å²) in [6.45, 7) is 4.96. The van der Waals surface area contributed by atoms with Gasteiger partial charge in [0, 0.05) is 69.4 Å². The van der Waals surface area contributed by atoms with Gasteiger partial charge in [0.15, 0.2) is 0 Å². The number of nitrogens with zero attached hydrogens (tertiary/aromatic N) is 6. The molecule has 1 aromatic heterocycles. The Morgan fingerprint density at radius 2 is 1.75 bits per heavy atom. The summed E-state index contributed by atoms with van der Waals surface area (Å²) in [7, 11) is 3.82. The highest BCUT2D eigenvalue weighted by molar-refractivity contribution is 5.82. The van der Waals surface area contributed by atoms with Gasteiger partial charge >= 0.3 is 12.1 Å². The van der Waals surface area contributed by atoms with Gasteiger partial charge in [-0.15, -0.1) is 0 Å². The highest BCUT2D eigenvalue weighted by Crippen LogP contribution is 2.31. The molecule has 0 aliphatic carbocycles. The second kappa shape index (κ2) is 10.3. The second-order valence-corrected chi connectivity index (χ2v) is 9.63. The summed E-state index contributed by atoms with van der Waals surface area (Å²) in [5, 5.41) is 9.74. The number of hydrogen-bond donors (Lipinski definition) is 1. The van der Waals surface area contributed by atoms with E-state index in [-0.39, 0.29) is 25.0 Å². The van der Waals surface area contributed by atoms with E-state index < -0.39 is 12.1 Å². The van der Waals surface area contributed by atoms with Gasteiger partial charge in [-0.25, -0.2) is 4.98 Å². The zero-order valence-corrected chi connectivity index (χ0v) is 21.0. The number of carbonyl (C=O) groups is 1. The van der Waals surface area contributed by atoms with Gasteiger partial charge in [0.25, 0.3) is 0 Å². The van der Waals surface area contributed by atoms with E-state index in [1.165, 1.54) is 0 Å². The number of hydrogen-bond acceptors (Lipinski definition) is 7. The first-order chi connectivity index (χ1) is 17.0. The molecule has 1 saturated heterocycles. The Kier molecular flexibility index (Phi) is 7.37. The monoisotopic (exact) mass is 503 g/mol. The summed E-state index contributed by atoms with van der Waals surface area (Å²) in [5.74, 6) is -0.585. The lowest BCUT2D eigenvalue weighted by atomic mass is 9.96. The van der Waals surface area contributed by atoms with E-state index in [4.69, 9.17) is 4.98 Å². The van der Waals surface area contributed by atoms with Crippen LogP contribution in [0, 0.1) is 13.8 Å². The molecular formula is C25H32F3N7O. The van der Waals surface area contributed by atoms with E-state index in [0.29, 0.717) is 24.6 Å². The Bertz CT molecular complexity index is 1110. The molecule has 2 aliphatic rings. The van der Waals surface area contributed by atoms with Crippen LogP contribution in [0.4, 0.5) is 30.6 Å². The minimum atomic E-state index is -4.85. The lowest BCUT2D eigenvalue weighted by Gasteiger charge is -2.34. The minimum Gasteiger partial charge on any atom is -0.367 e. The van der Waals surface area contributed by atoms with Crippen molar-refractivity contribution in [2.45, 2.75) is 51.2 Å². The van der Waals surface area contributed by atoms with E-state index in [1.807, 2.05) is 50.3 Å². The molecule has 2 aliphatic heterocycles. The van der Waals surface area contributed by atoms with Crippen molar-refractivity contribution in [3.63, 3.8) is 0 Å². The van der Waals surface area contributed by atoms with Crippen LogP contribution in [0.25, 0.3) is 0 Å². The van der Waals surface area contributed by atoms with Crippen molar-refractivity contribution in [3.05, 3.63) is 41.1 Å². The van der Waals surface area contributed by atoms with Gasteiger partial charge in [-0.1, -0.05) is 6.07 Å². The first kappa shape index (κ1) is 25.7. The minimum absolute atomic E-state index is 0.0242. The molecule has 0 spiro atoms. The topological polar surface area (TPSA) is 77.0 Å². The smallest absolute Gasteiger partial charge is 0.367 e. The number of rotatable bonds is 5. The molecule has 2 aromatic rings. The van der Waals surface area contributed by atoms with Gasteiger partial charge in [-0.3, -0.25) is 4.79 Å². The quantitative estimate of drug-likeness (QED) is 0.658. The number of benzene rings is 1. The first-order valence-corrected chi connectivity index (χ1v) is 12.1. The van der Waals surface area contributed by atoms with Crippen molar-refractivity contribution in [2.24, 2.45) is 5.10 Å². The molecule has 194 valence electrons. The molecule has 1 N–H and O–H groups in total. The number of hydrazone groups is 1. The number of aryl methyl sites for hydroxylation is 2. The largest absolute Gasteiger partial charge is 0.471 e. The van der Waals surface area contributed by atoms with Crippen molar-refractivity contribution >= 4 is 29.6 Å². The second-order valence-electron chi connectivity index (χ2n) is 9.63. The third kappa shape index (κ3) is 5.88. The predicted octanol–water partition coefficient (Wildman–Crippen LogP) is 4.23. The summed E-state index contributed by atoms with van der Waals surface area (Å²) in [5.41, 5.74) is 4.13. The van der Waals surface area contributed by atoms with Crippen LogP contribution >= 0.6 is 0 Å². The van der Waals surface area contributed by atoms with Crippen LogP contribution in [0.15, 0.2) is 29.5 Å². The van der Waals surface area contributed by atoms with Gasteiger partial charge < -0.3 is 20.1 Å². The maximum atomic E-state index is 12.8. The number of amides is 1. The molecule has 11 heteroatoms. The molecule has 1 unspecified atom stereocenters. The Labute approximate surface area is 209 Å². The lowest BCUT2D eigenvalue weighted by Crippen LogP contribution is -2.47. The maximum Gasteiger partial charge on any atom is 0.471 e. The summed E-state index contributed by atoms with van der Waals surface area (Å²) >= 11 is 0. The highest BCUT2D eigenvalue weighted by atomic mass is 19.4. The van der Waals surface area contributed by atoms with Crippen LogP contribution in [0.2, 0.25) is 0 Å².